The summed E-state index contributed by atoms with van der Waals surface area (Å²) in [5.74, 6) is 0. The third-order valence-corrected chi connectivity index (χ3v) is 3.04. The Bertz CT molecular complexity index is 467. The molecule has 2 rings (SSSR count). The first kappa shape index (κ1) is 10.4. The van der Waals surface area contributed by atoms with Gasteiger partial charge in [-0.05, 0) is 46.1 Å². The van der Waals surface area contributed by atoms with Crippen molar-refractivity contribution in [2.45, 2.75) is 13.0 Å². The van der Waals surface area contributed by atoms with Crippen LogP contribution in [0.25, 0.3) is 0 Å². The molecule has 0 aromatic carbocycles. The molecule has 0 fully saturated rings. The zero-order chi connectivity index (χ0) is 10.8. The van der Waals surface area contributed by atoms with Gasteiger partial charge in [-0.25, -0.2) is 0 Å². The fraction of sp³-hybridized carbons (Fsp3) is 0.182. The van der Waals surface area contributed by atoms with Crippen LogP contribution in [-0.4, -0.2) is 4.98 Å². The summed E-state index contributed by atoms with van der Waals surface area (Å²) in [6.07, 6.45) is 5.17. The van der Waals surface area contributed by atoms with Crippen LogP contribution in [0.15, 0.2) is 39.9 Å². The number of hydrogen-bond donors (Lipinski definition) is 1. The molecule has 2 heterocycles. The van der Waals surface area contributed by atoms with Crippen molar-refractivity contribution >= 4 is 15.9 Å². The molecule has 0 radical (unpaired) electrons. The summed E-state index contributed by atoms with van der Waals surface area (Å²) < 4.78 is 5.84. The molecule has 0 aliphatic heterocycles. The summed E-state index contributed by atoms with van der Waals surface area (Å²) in [4.78, 5) is 4.08. The normalized spacial score (nSPS) is 12.7. The summed E-state index contributed by atoms with van der Waals surface area (Å²) in [6.45, 7) is 2.02. The standard InChI is InChI=1S/C11H11BrN2O/c1-7-2-4-14-6-9(7)10(13)8-3-5-15-11(8)12/h2-6,10H,13H2,1H3. The molecule has 3 nitrogen and oxygen atoms in total. The second-order valence-corrected chi connectivity index (χ2v) is 4.08. The van der Waals surface area contributed by atoms with Crippen molar-refractivity contribution in [1.29, 1.82) is 0 Å². The van der Waals surface area contributed by atoms with E-state index in [0.29, 0.717) is 4.67 Å². The Morgan fingerprint density at radius 3 is 2.80 bits per heavy atom. The lowest BCUT2D eigenvalue weighted by Crippen LogP contribution is -2.13. The van der Waals surface area contributed by atoms with Gasteiger partial charge >= 0.3 is 0 Å². The maximum Gasteiger partial charge on any atom is 0.174 e. The zero-order valence-corrected chi connectivity index (χ0v) is 9.86. The summed E-state index contributed by atoms with van der Waals surface area (Å²) >= 11 is 3.32. The van der Waals surface area contributed by atoms with Crippen molar-refractivity contribution in [3.05, 3.63) is 52.1 Å². The minimum atomic E-state index is -0.202. The molecule has 0 aliphatic rings. The molecular weight excluding hydrogens is 256 g/mol. The largest absolute Gasteiger partial charge is 0.457 e. The molecule has 0 saturated carbocycles. The van der Waals surface area contributed by atoms with Gasteiger partial charge in [0.15, 0.2) is 4.67 Å². The third kappa shape index (κ3) is 1.96. The number of hydrogen-bond acceptors (Lipinski definition) is 3. The van der Waals surface area contributed by atoms with Crippen LogP contribution in [0.3, 0.4) is 0 Å². The predicted molar refractivity (Wildman–Crippen MR) is 61.4 cm³/mol. The molecule has 15 heavy (non-hydrogen) atoms. The van der Waals surface area contributed by atoms with Crippen molar-refractivity contribution in [3.63, 3.8) is 0 Å². The van der Waals surface area contributed by atoms with Crippen LogP contribution >= 0.6 is 15.9 Å². The van der Waals surface area contributed by atoms with E-state index in [1.54, 1.807) is 18.7 Å². The summed E-state index contributed by atoms with van der Waals surface area (Å²) in [5.41, 5.74) is 9.21. The van der Waals surface area contributed by atoms with Gasteiger partial charge in [0.2, 0.25) is 0 Å². The monoisotopic (exact) mass is 266 g/mol. The average Bonchev–Trinajstić information content (AvgIpc) is 2.64. The van der Waals surface area contributed by atoms with E-state index in [1.165, 1.54) is 0 Å². The van der Waals surface area contributed by atoms with Crippen LogP contribution in [0.2, 0.25) is 0 Å². The molecule has 2 aromatic heterocycles. The molecule has 78 valence electrons. The Balaban J connectivity index is 2.41. The van der Waals surface area contributed by atoms with Crippen LogP contribution in [0.1, 0.15) is 22.7 Å². The molecule has 0 spiro atoms. The number of aromatic nitrogens is 1. The Morgan fingerprint density at radius 1 is 1.40 bits per heavy atom. The Kier molecular flexibility index (Phi) is 2.88. The van der Waals surface area contributed by atoms with Crippen molar-refractivity contribution in [2.24, 2.45) is 5.73 Å². The van der Waals surface area contributed by atoms with E-state index in [9.17, 15) is 0 Å². The Morgan fingerprint density at radius 2 is 2.20 bits per heavy atom. The summed E-state index contributed by atoms with van der Waals surface area (Å²) in [6, 6.07) is 3.61. The first-order valence-corrected chi connectivity index (χ1v) is 5.38. The smallest absolute Gasteiger partial charge is 0.174 e. The quantitative estimate of drug-likeness (QED) is 0.910. The van der Waals surface area contributed by atoms with E-state index in [1.807, 2.05) is 19.1 Å². The summed E-state index contributed by atoms with van der Waals surface area (Å²) in [7, 11) is 0. The van der Waals surface area contributed by atoms with E-state index in [4.69, 9.17) is 10.2 Å². The number of furan rings is 1. The van der Waals surface area contributed by atoms with Gasteiger partial charge in [0.1, 0.15) is 0 Å². The highest BCUT2D eigenvalue weighted by Gasteiger charge is 2.16. The lowest BCUT2D eigenvalue weighted by Gasteiger charge is -2.12. The molecule has 4 heteroatoms. The molecule has 1 atom stereocenters. The summed E-state index contributed by atoms with van der Waals surface area (Å²) in [5, 5.41) is 0. The molecule has 1 unspecified atom stereocenters. The molecule has 0 bridgehead atoms. The molecule has 0 amide bonds. The number of rotatable bonds is 2. The first-order valence-electron chi connectivity index (χ1n) is 4.59. The van der Waals surface area contributed by atoms with Crippen molar-refractivity contribution in [3.8, 4) is 0 Å². The van der Waals surface area contributed by atoms with Crippen LogP contribution in [0.5, 0.6) is 0 Å². The van der Waals surface area contributed by atoms with Crippen molar-refractivity contribution < 1.29 is 4.42 Å². The number of aryl methyl sites for hydroxylation is 1. The fourth-order valence-corrected chi connectivity index (χ4v) is 1.98. The fourth-order valence-electron chi connectivity index (χ4n) is 1.50. The molecule has 2 aromatic rings. The zero-order valence-electron chi connectivity index (χ0n) is 8.27. The lowest BCUT2D eigenvalue weighted by atomic mass is 10.0. The van der Waals surface area contributed by atoms with E-state index in [0.717, 1.165) is 16.7 Å². The maximum absolute atomic E-state index is 6.13. The number of nitrogens with zero attached hydrogens (tertiary/aromatic N) is 1. The SMILES string of the molecule is Cc1ccncc1C(N)c1ccoc1Br. The van der Waals surface area contributed by atoms with E-state index >= 15 is 0 Å². The highest BCUT2D eigenvalue weighted by Crippen LogP contribution is 2.28. The van der Waals surface area contributed by atoms with Gasteiger partial charge in [-0.15, -0.1) is 0 Å². The van der Waals surface area contributed by atoms with Crippen LogP contribution < -0.4 is 5.73 Å². The van der Waals surface area contributed by atoms with E-state index in [2.05, 4.69) is 20.9 Å². The van der Waals surface area contributed by atoms with Gasteiger partial charge < -0.3 is 10.2 Å². The van der Waals surface area contributed by atoms with Gasteiger partial charge in [0.05, 0.1) is 12.3 Å². The van der Waals surface area contributed by atoms with Gasteiger partial charge in [0.25, 0.3) is 0 Å². The Hall–Kier alpha value is -1.13. The van der Waals surface area contributed by atoms with Crippen molar-refractivity contribution in [2.75, 3.05) is 0 Å². The van der Waals surface area contributed by atoms with Crippen LogP contribution in [0, 0.1) is 6.92 Å². The first-order chi connectivity index (χ1) is 7.20. The minimum absolute atomic E-state index is 0.202. The van der Waals surface area contributed by atoms with E-state index < -0.39 is 0 Å². The van der Waals surface area contributed by atoms with E-state index in [-0.39, 0.29) is 6.04 Å². The number of nitrogens with two attached hydrogens (primary N) is 1. The number of halogens is 1. The highest BCUT2D eigenvalue weighted by molar-refractivity contribution is 9.10. The second kappa shape index (κ2) is 4.16. The van der Waals surface area contributed by atoms with Gasteiger partial charge in [0, 0.05) is 18.0 Å². The van der Waals surface area contributed by atoms with Crippen molar-refractivity contribution in [1.82, 2.24) is 4.98 Å². The van der Waals surface area contributed by atoms with Crippen LogP contribution in [-0.2, 0) is 0 Å². The average molecular weight is 267 g/mol. The molecular formula is C11H11BrN2O. The van der Waals surface area contributed by atoms with Crippen LogP contribution in [0.4, 0.5) is 0 Å². The topological polar surface area (TPSA) is 52.0 Å². The van der Waals surface area contributed by atoms with Gasteiger partial charge in [-0.3, -0.25) is 4.98 Å². The minimum Gasteiger partial charge on any atom is -0.457 e. The lowest BCUT2D eigenvalue weighted by molar-refractivity contribution is 0.534. The number of pyridine rings is 1. The third-order valence-electron chi connectivity index (χ3n) is 2.40. The maximum atomic E-state index is 6.13. The Labute approximate surface area is 96.4 Å². The second-order valence-electron chi connectivity index (χ2n) is 3.36. The van der Waals surface area contributed by atoms with Gasteiger partial charge in [-0.1, -0.05) is 0 Å². The predicted octanol–water partition coefficient (Wildman–Crippen LogP) is 2.79. The molecule has 0 aliphatic carbocycles. The highest BCUT2D eigenvalue weighted by atomic mass is 79.9. The molecule has 0 saturated heterocycles. The van der Waals surface area contributed by atoms with Gasteiger partial charge in [-0.2, -0.15) is 0 Å². The molecule has 2 N–H and O–H groups in total.